The third-order valence-electron chi connectivity index (χ3n) is 2.15. The second-order valence-electron chi connectivity index (χ2n) is 3.16. The highest BCUT2D eigenvalue weighted by atomic mass is 16.5. The number of aromatic hydroxyl groups is 1. The number of hydrogen-bond donors (Lipinski definition) is 1. The summed E-state index contributed by atoms with van der Waals surface area (Å²) in [5.41, 5.74) is 1.97. The Hall–Kier alpha value is -2.03. The van der Waals surface area contributed by atoms with Gasteiger partial charge in [0.05, 0.1) is 13.3 Å². The largest absolute Gasteiger partial charge is 0.508 e. The van der Waals surface area contributed by atoms with E-state index in [1.807, 2.05) is 18.2 Å². The maximum Gasteiger partial charge on any atom is 0.137 e. The number of methoxy groups -OCH3 is 1. The van der Waals surface area contributed by atoms with Crippen LogP contribution in [0.5, 0.6) is 11.5 Å². The van der Waals surface area contributed by atoms with Crippen LogP contribution in [0.1, 0.15) is 0 Å². The van der Waals surface area contributed by atoms with Crippen molar-refractivity contribution in [2.45, 2.75) is 0 Å². The SMILES string of the molecule is COc1cncc(-c2ccc(O)cc2)c1. The lowest BCUT2D eigenvalue weighted by molar-refractivity contribution is 0.413. The van der Waals surface area contributed by atoms with Crippen molar-refractivity contribution in [2.75, 3.05) is 7.11 Å². The van der Waals surface area contributed by atoms with Crippen molar-refractivity contribution in [2.24, 2.45) is 0 Å². The highest BCUT2D eigenvalue weighted by molar-refractivity contribution is 5.64. The van der Waals surface area contributed by atoms with Crippen molar-refractivity contribution in [1.82, 2.24) is 4.98 Å². The first-order chi connectivity index (χ1) is 7.29. The van der Waals surface area contributed by atoms with E-state index in [1.54, 1.807) is 31.6 Å². The van der Waals surface area contributed by atoms with Gasteiger partial charge in [0.2, 0.25) is 0 Å². The molecular weight excluding hydrogens is 190 g/mol. The van der Waals surface area contributed by atoms with Gasteiger partial charge in [-0.25, -0.2) is 0 Å². The Morgan fingerprint density at radius 3 is 2.47 bits per heavy atom. The zero-order valence-corrected chi connectivity index (χ0v) is 8.34. The number of rotatable bonds is 2. The Kier molecular flexibility index (Phi) is 2.54. The molecule has 1 heterocycles. The number of phenolic OH excluding ortho intramolecular Hbond substituents is 1. The van der Waals surface area contributed by atoms with Gasteiger partial charge in [-0.15, -0.1) is 0 Å². The number of aromatic nitrogens is 1. The first kappa shape index (κ1) is 9.52. The third kappa shape index (κ3) is 2.07. The minimum Gasteiger partial charge on any atom is -0.508 e. The monoisotopic (exact) mass is 201 g/mol. The number of phenols is 1. The summed E-state index contributed by atoms with van der Waals surface area (Å²) in [6.45, 7) is 0. The molecule has 0 saturated carbocycles. The predicted octanol–water partition coefficient (Wildman–Crippen LogP) is 2.46. The smallest absolute Gasteiger partial charge is 0.137 e. The zero-order chi connectivity index (χ0) is 10.7. The van der Waals surface area contributed by atoms with Crippen LogP contribution in [-0.4, -0.2) is 17.2 Å². The van der Waals surface area contributed by atoms with Crippen LogP contribution in [0.4, 0.5) is 0 Å². The lowest BCUT2D eigenvalue weighted by Crippen LogP contribution is -1.85. The van der Waals surface area contributed by atoms with E-state index in [0.29, 0.717) is 0 Å². The molecule has 3 heteroatoms. The Morgan fingerprint density at radius 2 is 1.80 bits per heavy atom. The maximum absolute atomic E-state index is 9.16. The molecule has 15 heavy (non-hydrogen) atoms. The third-order valence-corrected chi connectivity index (χ3v) is 2.15. The van der Waals surface area contributed by atoms with Gasteiger partial charge in [0, 0.05) is 11.8 Å². The summed E-state index contributed by atoms with van der Waals surface area (Å²) < 4.78 is 5.09. The van der Waals surface area contributed by atoms with E-state index in [4.69, 9.17) is 9.84 Å². The highest BCUT2D eigenvalue weighted by Gasteiger charge is 1.99. The van der Waals surface area contributed by atoms with Crippen molar-refractivity contribution >= 4 is 0 Å². The number of pyridine rings is 1. The van der Waals surface area contributed by atoms with Gasteiger partial charge in [-0.1, -0.05) is 12.1 Å². The predicted molar refractivity (Wildman–Crippen MR) is 57.9 cm³/mol. The summed E-state index contributed by atoms with van der Waals surface area (Å²) in [6, 6.07) is 8.88. The van der Waals surface area contributed by atoms with Crippen LogP contribution in [0.3, 0.4) is 0 Å². The molecule has 0 saturated heterocycles. The summed E-state index contributed by atoms with van der Waals surface area (Å²) in [6.07, 6.45) is 3.42. The van der Waals surface area contributed by atoms with E-state index in [1.165, 1.54) is 0 Å². The summed E-state index contributed by atoms with van der Waals surface area (Å²) in [7, 11) is 1.61. The molecule has 0 aliphatic carbocycles. The fraction of sp³-hybridized carbons (Fsp3) is 0.0833. The van der Waals surface area contributed by atoms with E-state index in [9.17, 15) is 0 Å². The van der Waals surface area contributed by atoms with Crippen LogP contribution in [0.15, 0.2) is 42.7 Å². The van der Waals surface area contributed by atoms with Crippen molar-refractivity contribution in [1.29, 1.82) is 0 Å². The van der Waals surface area contributed by atoms with E-state index in [0.717, 1.165) is 16.9 Å². The molecule has 76 valence electrons. The van der Waals surface area contributed by atoms with Crippen LogP contribution < -0.4 is 4.74 Å². The van der Waals surface area contributed by atoms with Crippen LogP contribution >= 0.6 is 0 Å². The second kappa shape index (κ2) is 4.00. The van der Waals surface area contributed by atoms with Crippen LogP contribution in [0.2, 0.25) is 0 Å². The van der Waals surface area contributed by atoms with Crippen molar-refractivity contribution < 1.29 is 9.84 Å². The quantitative estimate of drug-likeness (QED) is 0.811. The first-order valence-corrected chi connectivity index (χ1v) is 4.58. The lowest BCUT2D eigenvalue weighted by Gasteiger charge is -2.03. The van der Waals surface area contributed by atoms with Crippen molar-refractivity contribution in [3.8, 4) is 22.6 Å². The minimum absolute atomic E-state index is 0.259. The van der Waals surface area contributed by atoms with Gasteiger partial charge in [0.15, 0.2) is 0 Å². The van der Waals surface area contributed by atoms with Gasteiger partial charge in [-0.05, 0) is 23.8 Å². The molecule has 0 radical (unpaired) electrons. The molecule has 1 N–H and O–H groups in total. The first-order valence-electron chi connectivity index (χ1n) is 4.58. The van der Waals surface area contributed by atoms with Gasteiger partial charge >= 0.3 is 0 Å². The van der Waals surface area contributed by atoms with Gasteiger partial charge in [-0.3, -0.25) is 4.98 Å². The molecule has 0 amide bonds. The molecule has 0 aliphatic rings. The van der Waals surface area contributed by atoms with E-state index in [2.05, 4.69) is 4.98 Å². The summed E-state index contributed by atoms with van der Waals surface area (Å²) in [5, 5.41) is 9.16. The summed E-state index contributed by atoms with van der Waals surface area (Å²) in [4.78, 5) is 4.07. The molecule has 0 fully saturated rings. The minimum atomic E-state index is 0.259. The fourth-order valence-electron chi connectivity index (χ4n) is 1.34. The van der Waals surface area contributed by atoms with E-state index in [-0.39, 0.29) is 5.75 Å². The van der Waals surface area contributed by atoms with Crippen LogP contribution in [0, 0.1) is 0 Å². The van der Waals surface area contributed by atoms with Crippen molar-refractivity contribution in [3.05, 3.63) is 42.7 Å². The molecule has 0 atom stereocenters. The Bertz CT molecular complexity index is 451. The van der Waals surface area contributed by atoms with E-state index >= 15 is 0 Å². The molecule has 2 rings (SSSR count). The topological polar surface area (TPSA) is 42.4 Å². The Morgan fingerprint density at radius 1 is 1.07 bits per heavy atom. The standard InChI is InChI=1S/C12H11NO2/c1-15-12-6-10(7-13-8-12)9-2-4-11(14)5-3-9/h2-8,14H,1H3. The number of nitrogens with zero attached hydrogens (tertiary/aromatic N) is 1. The lowest BCUT2D eigenvalue weighted by atomic mass is 10.1. The molecular formula is C12H11NO2. The van der Waals surface area contributed by atoms with Gasteiger partial charge in [0.1, 0.15) is 11.5 Å². The van der Waals surface area contributed by atoms with Gasteiger partial charge < -0.3 is 9.84 Å². The average Bonchev–Trinajstić information content (AvgIpc) is 2.30. The molecule has 0 spiro atoms. The van der Waals surface area contributed by atoms with Crippen molar-refractivity contribution in [3.63, 3.8) is 0 Å². The fourth-order valence-corrected chi connectivity index (χ4v) is 1.34. The summed E-state index contributed by atoms with van der Waals surface area (Å²) >= 11 is 0. The Labute approximate surface area is 88.0 Å². The molecule has 1 aromatic carbocycles. The van der Waals surface area contributed by atoms with Crippen LogP contribution in [0.25, 0.3) is 11.1 Å². The highest BCUT2D eigenvalue weighted by Crippen LogP contribution is 2.23. The number of benzene rings is 1. The maximum atomic E-state index is 9.16. The molecule has 0 aliphatic heterocycles. The normalized spacial score (nSPS) is 9.93. The Balaban J connectivity index is 2.40. The van der Waals surface area contributed by atoms with Gasteiger partial charge in [-0.2, -0.15) is 0 Å². The van der Waals surface area contributed by atoms with E-state index < -0.39 is 0 Å². The number of ether oxygens (including phenoxy) is 1. The van der Waals surface area contributed by atoms with Crippen LogP contribution in [-0.2, 0) is 0 Å². The summed E-state index contributed by atoms with van der Waals surface area (Å²) in [5.74, 6) is 0.982. The van der Waals surface area contributed by atoms with Gasteiger partial charge in [0.25, 0.3) is 0 Å². The average molecular weight is 201 g/mol. The molecule has 2 aromatic rings. The number of hydrogen-bond acceptors (Lipinski definition) is 3. The molecule has 1 aromatic heterocycles. The molecule has 3 nitrogen and oxygen atoms in total. The molecule has 0 unspecified atom stereocenters. The zero-order valence-electron chi connectivity index (χ0n) is 8.34. The second-order valence-corrected chi connectivity index (χ2v) is 3.16. The molecule has 0 bridgehead atoms.